The average molecular weight is 462 g/mol. The first-order chi connectivity index (χ1) is 14.7. The fraction of sp³-hybridized carbons (Fsp3) is 0.364. The van der Waals surface area contributed by atoms with E-state index in [1.54, 1.807) is 37.1 Å². The Bertz CT molecular complexity index is 1200. The maximum atomic E-state index is 13.6. The van der Waals surface area contributed by atoms with Gasteiger partial charge >= 0.3 is 0 Å². The maximum absolute atomic E-state index is 13.6. The molecule has 3 rings (SSSR count). The van der Waals surface area contributed by atoms with E-state index in [0.29, 0.717) is 29.5 Å². The van der Waals surface area contributed by atoms with Crippen LogP contribution in [0.25, 0.3) is 10.2 Å². The summed E-state index contributed by atoms with van der Waals surface area (Å²) in [6, 6.07) is 10.2. The summed E-state index contributed by atoms with van der Waals surface area (Å²) in [6.45, 7) is 4.52. The van der Waals surface area contributed by atoms with Crippen molar-refractivity contribution in [1.82, 2.24) is 9.88 Å². The number of fused-ring (bicyclic) bond motifs is 1. The van der Waals surface area contributed by atoms with Gasteiger partial charge in [0.05, 0.1) is 28.0 Å². The largest absolute Gasteiger partial charge is 0.494 e. The Morgan fingerprint density at radius 3 is 2.48 bits per heavy atom. The number of ether oxygens (including phenoxy) is 1. The van der Waals surface area contributed by atoms with Gasteiger partial charge in [-0.1, -0.05) is 36.5 Å². The zero-order valence-electron chi connectivity index (χ0n) is 18.4. The number of anilines is 1. The number of sulfone groups is 1. The third kappa shape index (κ3) is 4.73. The Hall–Kier alpha value is -2.49. The number of hydrogen-bond acceptors (Lipinski definition) is 7. The molecule has 2 aromatic carbocycles. The minimum Gasteiger partial charge on any atom is -0.494 e. The molecule has 0 bridgehead atoms. The van der Waals surface area contributed by atoms with E-state index in [0.717, 1.165) is 10.3 Å². The third-order valence-electron chi connectivity index (χ3n) is 4.99. The molecule has 0 radical (unpaired) electrons. The van der Waals surface area contributed by atoms with Gasteiger partial charge in [0.25, 0.3) is 5.91 Å². The summed E-state index contributed by atoms with van der Waals surface area (Å²) in [5.74, 6) is 0.175. The van der Waals surface area contributed by atoms with Crippen molar-refractivity contribution in [1.29, 1.82) is 0 Å². The maximum Gasteiger partial charge on any atom is 0.261 e. The molecule has 166 valence electrons. The molecule has 0 aliphatic rings. The van der Waals surface area contributed by atoms with Crippen LogP contribution in [0.1, 0.15) is 22.8 Å². The van der Waals surface area contributed by atoms with E-state index in [4.69, 9.17) is 9.72 Å². The molecule has 0 spiro atoms. The number of likely N-dealkylation sites (N-methyl/N-ethyl adjacent to an activating group) is 1. The molecule has 0 aliphatic heterocycles. The zero-order chi connectivity index (χ0) is 22.8. The molecule has 3 aromatic rings. The first-order valence-corrected chi connectivity index (χ1v) is 12.4. The van der Waals surface area contributed by atoms with Crippen LogP contribution in [-0.2, 0) is 9.84 Å². The van der Waals surface area contributed by atoms with Crippen molar-refractivity contribution in [3.05, 3.63) is 47.5 Å². The Kier molecular flexibility index (Phi) is 6.98. The van der Waals surface area contributed by atoms with Crippen molar-refractivity contribution in [3.8, 4) is 5.75 Å². The fourth-order valence-corrected chi connectivity index (χ4v) is 5.34. The summed E-state index contributed by atoms with van der Waals surface area (Å²) in [6.07, 6.45) is 0. The van der Waals surface area contributed by atoms with E-state index in [1.165, 1.54) is 17.4 Å². The standard InChI is InChI=1S/C22H27N3O4S2/c1-6-31(27,28)18-10-8-7-9-16(18)21(26)25(14-13-24(3)4)22-23-19-17(29-5)12-11-15(2)20(19)30-22/h7-12H,6,13-14H2,1-5H3. The van der Waals surface area contributed by atoms with Gasteiger partial charge in [0.15, 0.2) is 15.0 Å². The number of hydrogen-bond donors (Lipinski definition) is 0. The SMILES string of the molecule is CCS(=O)(=O)c1ccccc1C(=O)N(CCN(C)C)c1nc2c(OC)ccc(C)c2s1. The van der Waals surface area contributed by atoms with E-state index in [2.05, 4.69) is 0 Å². The molecule has 0 aliphatic carbocycles. The zero-order valence-corrected chi connectivity index (χ0v) is 20.0. The second kappa shape index (κ2) is 9.33. The van der Waals surface area contributed by atoms with Crippen LogP contribution in [0.3, 0.4) is 0 Å². The number of methoxy groups -OCH3 is 1. The monoisotopic (exact) mass is 461 g/mol. The van der Waals surface area contributed by atoms with Crippen LogP contribution in [0, 0.1) is 6.92 Å². The van der Waals surface area contributed by atoms with E-state index >= 15 is 0 Å². The number of thiazole rings is 1. The van der Waals surface area contributed by atoms with Gasteiger partial charge in [-0.05, 0) is 44.8 Å². The Labute approximate surface area is 187 Å². The lowest BCUT2D eigenvalue weighted by atomic mass is 10.2. The highest BCUT2D eigenvalue weighted by Crippen LogP contribution is 2.37. The van der Waals surface area contributed by atoms with Gasteiger partial charge in [-0.3, -0.25) is 9.69 Å². The first kappa shape index (κ1) is 23.2. The summed E-state index contributed by atoms with van der Waals surface area (Å²) in [7, 11) is 1.87. The summed E-state index contributed by atoms with van der Waals surface area (Å²) in [5, 5.41) is 0.512. The molecule has 0 saturated heterocycles. The minimum absolute atomic E-state index is 0.0484. The summed E-state index contributed by atoms with van der Waals surface area (Å²) in [5.41, 5.74) is 1.89. The van der Waals surface area contributed by atoms with Crippen molar-refractivity contribution in [3.63, 3.8) is 0 Å². The molecule has 1 heterocycles. The normalized spacial score (nSPS) is 11.8. The van der Waals surface area contributed by atoms with Crippen LogP contribution in [0.5, 0.6) is 5.75 Å². The summed E-state index contributed by atoms with van der Waals surface area (Å²) >= 11 is 1.40. The Balaban J connectivity index is 2.15. The lowest BCUT2D eigenvalue weighted by Crippen LogP contribution is -2.37. The van der Waals surface area contributed by atoms with Crippen LogP contribution in [0.2, 0.25) is 0 Å². The van der Waals surface area contributed by atoms with Crippen LogP contribution >= 0.6 is 11.3 Å². The molecular formula is C22H27N3O4S2. The number of aromatic nitrogens is 1. The predicted molar refractivity (Wildman–Crippen MR) is 125 cm³/mol. The van der Waals surface area contributed by atoms with Crippen molar-refractivity contribution in [2.24, 2.45) is 0 Å². The fourth-order valence-electron chi connectivity index (χ4n) is 3.18. The van der Waals surface area contributed by atoms with E-state index in [9.17, 15) is 13.2 Å². The number of amides is 1. The second-order valence-electron chi connectivity index (χ2n) is 7.42. The number of benzene rings is 2. The van der Waals surface area contributed by atoms with Crippen LogP contribution in [0.15, 0.2) is 41.3 Å². The van der Waals surface area contributed by atoms with Crippen molar-refractivity contribution < 1.29 is 17.9 Å². The molecule has 0 atom stereocenters. The first-order valence-electron chi connectivity index (χ1n) is 9.92. The van der Waals surface area contributed by atoms with Crippen molar-refractivity contribution in [2.75, 3.05) is 44.9 Å². The summed E-state index contributed by atoms with van der Waals surface area (Å²) < 4.78 is 31.6. The van der Waals surface area contributed by atoms with Crippen LogP contribution in [-0.4, -0.2) is 64.3 Å². The Morgan fingerprint density at radius 2 is 1.84 bits per heavy atom. The molecular weight excluding hydrogens is 434 g/mol. The van der Waals surface area contributed by atoms with Gasteiger partial charge in [-0.2, -0.15) is 0 Å². The van der Waals surface area contributed by atoms with E-state index < -0.39 is 9.84 Å². The minimum atomic E-state index is -3.56. The Morgan fingerprint density at radius 1 is 1.13 bits per heavy atom. The highest BCUT2D eigenvalue weighted by molar-refractivity contribution is 7.91. The van der Waals surface area contributed by atoms with E-state index in [1.807, 2.05) is 38.1 Å². The lowest BCUT2D eigenvalue weighted by Gasteiger charge is -2.23. The van der Waals surface area contributed by atoms with Gasteiger partial charge in [0.2, 0.25) is 0 Å². The highest BCUT2D eigenvalue weighted by atomic mass is 32.2. The van der Waals surface area contributed by atoms with E-state index in [-0.39, 0.29) is 22.1 Å². The van der Waals surface area contributed by atoms with Crippen molar-refractivity contribution in [2.45, 2.75) is 18.7 Å². The molecule has 1 aromatic heterocycles. The van der Waals surface area contributed by atoms with Gasteiger partial charge in [0.1, 0.15) is 11.3 Å². The molecule has 0 saturated carbocycles. The number of nitrogens with zero attached hydrogens (tertiary/aromatic N) is 3. The third-order valence-corrected chi connectivity index (χ3v) is 7.99. The van der Waals surface area contributed by atoms with Crippen LogP contribution in [0.4, 0.5) is 5.13 Å². The van der Waals surface area contributed by atoms with Crippen molar-refractivity contribution >= 4 is 42.4 Å². The number of rotatable bonds is 8. The number of carbonyl (C=O) groups is 1. The molecule has 9 heteroatoms. The van der Waals surface area contributed by atoms with Crippen LogP contribution < -0.4 is 9.64 Å². The average Bonchev–Trinajstić information content (AvgIpc) is 3.20. The highest BCUT2D eigenvalue weighted by Gasteiger charge is 2.27. The number of aryl methyl sites for hydroxylation is 1. The number of carbonyl (C=O) groups excluding carboxylic acids is 1. The smallest absolute Gasteiger partial charge is 0.261 e. The van der Waals surface area contributed by atoms with Gasteiger partial charge in [-0.15, -0.1) is 0 Å². The molecule has 31 heavy (non-hydrogen) atoms. The molecule has 0 unspecified atom stereocenters. The summed E-state index contributed by atoms with van der Waals surface area (Å²) in [4.78, 5) is 21.9. The van der Waals surface area contributed by atoms with Gasteiger partial charge < -0.3 is 9.64 Å². The lowest BCUT2D eigenvalue weighted by molar-refractivity contribution is 0.0982. The second-order valence-corrected chi connectivity index (χ2v) is 10.6. The molecule has 0 N–H and O–H groups in total. The molecule has 1 amide bonds. The van der Waals surface area contributed by atoms with Gasteiger partial charge in [0, 0.05) is 13.1 Å². The molecule has 7 nitrogen and oxygen atoms in total. The quantitative estimate of drug-likeness (QED) is 0.510. The predicted octanol–water partition coefficient (Wildman–Crippen LogP) is 3.62. The molecule has 0 fully saturated rings. The topological polar surface area (TPSA) is 79.8 Å². The van der Waals surface area contributed by atoms with Gasteiger partial charge in [-0.25, -0.2) is 13.4 Å².